The van der Waals surface area contributed by atoms with Crippen molar-refractivity contribution in [1.29, 1.82) is 0 Å². The van der Waals surface area contributed by atoms with E-state index in [-0.39, 0.29) is 54.1 Å². The van der Waals surface area contributed by atoms with E-state index in [0.29, 0.717) is 5.69 Å². The Morgan fingerprint density at radius 1 is 0.754 bits per heavy atom. The smallest absolute Gasteiger partial charge is 0.355 e. The largest absolute Gasteiger partial charge is 0.468 e. The summed E-state index contributed by atoms with van der Waals surface area (Å²) in [5.41, 5.74) is 5.45. The van der Waals surface area contributed by atoms with Crippen LogP contribution in [-0.4, -0.2) is 122 Å². The molecule has 1 unspecified atom stereocenters. The molecule has 1 aromatic heterocycles. The summed E-state index contributed by atoms with van der Waals surface area (Å²) in [6.45, 7) is 18.1. The van der Waals surface area contributed by atoms with Crippen LogP contribution in [0.5, 0.6) is 0 Å². The SMILES string of the molecule is C=C.C=C.COC(=O)C(N1C(=O)[C@H](C(C)C)[C@H]1CC(=O)c1cc(C)n(C)n1)=P(c1ccccc1)(c1ccccc1)c1ccccc1.COC(=O)CN1C(=O)[C@H]([C@@H](C)O)[C@H]1CC(=O)C1C=C(C)N(C)N1. The maximum absolute atomic E-state index is 14.2. The number of aryl methyl sites for hydroxylation is 2. The lowest BCUT2D eigenvalue weighted by atomic mass is 9.76. The molecule has 3 aliphatic heterocycles. The number of aliphatic hydroxyl groups is 1. The minimum atomic E-state index is -2.99. The number of hydrogen-bond donors (Lipinski definition) is 2. The molecule has 4 heterocycles. The number of aliphatic hydroxyl groups excluding tert-OH is 1. The van der Waals surface area contributed by atoms with Gasteiger partial charge >= 0.3 is 11.9 Å². The Labute approximate surface area is 406 Å². The van der Waals surface area contributed by atoms with E-state index in [4.69, 9.17) is 4.74 Å². The first-order valence-electron chi connectivity index (χ1n) is 22.6. The molecule has 16 heteroatoms. The molecule has 6 atom stereocenters. The van der Waals surface area contributed by atoms with Gasteiger partial charge < -0.3 is 29.4 Å². The Morgan fingerprint density at radius 2 is 1.26 bits per heavy atom. The number of ether oxygens (including phenoxy) is 2. The van der Waals surface area contributed by atoms with Crippen LogP contribution in [-0.2, 0) is 40.5 Å². The van der Waals surface area contributed by atoms with Crippen molar-refractivity contribution in [2.45, 2.75) is 71.7 Å². The van der Waals surface area contributed by atoms with Crippen molar-refractivity contribution in [1.82, 2.24) is 30.0 Å². The lowest BCUT2D eigenvalue weighted by Crippen LogP contribution is -2.67. The molecule has 2 N–H and O–H groups in total. The number of allylic oxidation sites excluding steroid dienone is 1. The summed E-state index contributed by atoms with van der Waals surface area (Å²) in [4.78, 5) is 80.8. The van der Waals surface area contributed by atoms with Crippen molar-refractivity contribution in [3.63, 3.8) is 0 Å². The molecule has 0 radical (unpaired) electrons. The zero-order valence-electron chi connectivity index (χ0n) is 41.2. The third-order valence-corrected chi connectivity index (χ3v) is 16.8. The third kappa shape index (κ3) is 11.4. The number of carbonyl (C=O) groups excluding carboxylic acids is 6. The van der Waals surface area contributed by atoms with Crippen molar-refractivity contribution in [3.8, 4) is 0 Å². The number of amides is 2. The second-order valence-electron chi connectivity index (χ2n) is 17.0. The number of rotatable bonds is 15. The van der Waals surface area contributed by atoms with Gasteiger partial charge in [0.25, 0.3) is 0 Å². The summed E-state index contributed by atoms with van der Waals surface area (Å²) in [5, 5.41) is 18.7. The second-order valence-corrected chi connectivity index (χ2v) is 20.3. The fourth-order valence-electron chi connectivity index (χ4n) is 9.02. The first kappa shape index (κ1) is 54.9. The maximum Gasteiger partial charge on any atom is 0.355 e. The second kappa shape index (κ2) is 24.6. The first-order valence-corrected chi connectivity index (χ1v) is 24.4. The lowest BCUT2D eigenvalue weighted by molar-refractivity contribution is -0.171. The number of Topliss-reactive ketones (excluding diaryl/α,β-unsaturated/α-hetero) is 2. The van der Waals surface area contributed by atoms with E-state index in [0.717, 1.165) is 27.3 Å². The number of β-lactam (4-membered cyclic amide) rings is 2. The summed E-state index contributed by atoms with van der Waals surface area (Å²) in [7, 11) is 6.20. The van der Waals surface area contributed by atoms with Gasteiger partial charge in [0.15, 0.2) is 11.6 Å². The summed E-state index contributed by atoms with van der Waals surface area (Å²) in [6.07, 6.45) is 1.06. The molecule has 3 aliphatic rings. The number of likely N-dealkylation sites (tertiary alicyclic amines) is 2. The van der Waals surface area contributed by atoms with E-state index in [9.17, 15) is 33.9 Å². The average molecular weight is 963 g/mol. The molecular weight excluding hydrogens is 896 g/mol. The van der Waals surface area contributed by atoms with E-state index in [2.05, 4.69) is 41.6 Å². The molecule has 69 heavy (non-hydrogen) atoms. The van der Waals surface area contributed by atoms with Gasteiger partial charge in [-0.3, -0.25) is 28.7 Å². The van der Waals surface area contributed by atoms with E-state index in [1.807, 2.05) is 132 Å². The molecule has 0 bridgehead atoms. The van der Waals surface area contributed by atoms with Crippen molar-refractivity contribution >= 4 is 63.5 Å². The lowest BCUT2D eigenvalue weighted by Gasteiger charge is -2.51. The Morgan fingerprint density at radius 3 is 1.65 bits per heavy atom. The average Bonchev–Trinajstić information content (AvgIpc) is 3.89. The number of hydrazine groups is 1. The number of aromatic nitrogens is 2. The molecule has 368 valence electrons. The summed E-state index contributed by atoms with van der Waals surface area (Å²) < 4.78 is 11.7. The number of ketones is 2. The zero-order chi connectivity index (χ0) is 51.3. The van der Waals surface area contributed by atoms with Crippen LogP contribution in [0.3, 0.4) is 0 Å². The number of methoxy groups -OCH3 is 2. The quantitative estimate of drug-likeness (QED) is 0.0551. The van der Waals surface area contributed by atoms with E-state index < -0.39 is 54.9 Å². The van der Waals surface area contributed by atoms with Gasteiger partial charge in [-0.15, -0.1) is 26.3 Å². The number of carbonyl (C=O) groups is 6. The van der Waals surface area contributed by atoms with Crippen molar-refractivity contribution in [3.05, 3.63) is 147 Å². The van der Waals surface area contributed by atoms with Crippen LogP contribution in [0.25, 0.3) is 0 Å². The number of nitrogens with one attached hydrogen (secondary N) is 1. The highest BCUT2D eigenvalue weighted by Crippen LogP contribution is 2.50. The molecular formula is C53H67N6O9P. The van der Waals surface area contributed by atoms with Crippen LogP contribution < -0.4 is 21.3 Å². The Bertz CT molecular complexity index is 2420. The highest BCUT2D eigenvalue weighted by molar-refractivity contribution is 7.96. The fourth-order valence-corrected chi connectivity index (χ4v) is 13.4. The number of nitrogens with zero attached hydrogens (tertiary/aromatic N) is 5. The van der Waals surface area contributed by atoms with Gasteiger partial charge in [0.2, 0.25) is 11.8 Å². The van der Waals surface area contributed by atoms with E-state index in [1.165, 1.54) is 26.0 Å². The van der Waals surface area contributed by atoms with Crippen LogP contribution in [0, 0.1) is 24.7 Å². The van der Waals surface area contributed by atoms with Crippen molar-refractivity contribution < 1.29 is 43.3 Å². The molecule has 2 saturated heterocycles. The molecule has 0 aliphatic carbocycles. The van der Waals surface area contributed by atoms with Crippen LogP contribution in [0.1, 0.15) is 56.7 Å². The normalized spacial score (nSPS) is 19.7. The first-order chi connectivity index (χ1) is 33.0. The topological polar surface area (TPSA) is 181 Å². The summed E-state index contributed by atoms with van der Waals surface area (Å²) in [5.74, 6) is -3.01. The van der Waals surface area contributed by atoms with Gasteiger partial charge in [-0.1, -0.05) is 105 Å². The highest BCUT2D eigenvalue weighted by atomic mass is 31.2. The summed E-state index contributed by atoms with van der Waals surface area (Å²) in [6, 6.07) is 29.9. The number of esters is 2. The van der Waals surface area contributed by atoms with Gasteiger partial charge in [0, 0.05) is 45.2 Å². The van der Waals surface area contributed by atoms with Crippen LogP contribution in [0.4, 0.5) is 0 Å². The standard InChI is InChI=1S/C34H36N3O4P.C15H23N3O5.2C2H4/c1-23(2)31-29(22-30(38)28-21-24(3)36(4)35-28)37(32(31)39)33(34(40)41-5)42(25-15-9-6-10-16-25,26-17-11-7-12-18-26)27-19-13-8-14-20-27;1-8-5-10(16-17(8)3)12(20)6-11-14(9(2)19)15(22)18(11)7-13(21)23-4;2*1-2/h6-21,23,29,31H,22H2,1-5H3;5,9-11,14,16,19H,6-7H2,1-4H3;2*1-2H2/t29-,31-;9-,10?,11-,14-;;/m11../s1. The maximum atomic E-state index is 14.2. The van der Waals surface area contributed by atoms with Gasteiger partial charge in [-0.05, 0) is 54.7 Å². The van der Waals surface area contributed by atoms with Crippen LogP contribution >= 0.6 is 6.89 Å². The Hall–Kier alpha value is -6.67. The van der Waals surface area contributed by atoms with Gasteiger partial charge in [0.05, 0.1) is 44.2 Å². The number of benzene rings is 3. The molecule has 0 spiro atoms. The summed E-state index contributed by atoms with van der Waals surface area (Å²) >= 11 is 0. The van der Waals surface area contributed by atoms with Gasteiger partial charge in [0.1, 0.15) is 23.7 Å². The molecule has 0 saturated carbocycles. The van der Waals surface area contributed by atoms with Gasteiger partial charge in [-0.2, -0.15) is 5.10 Å². The zero-order valence-corrected chi connectivity index (χ0v) is 42.1. The van der Waals surface area contributed by atoms with E-state index >= 15 is 0 Å². The predicted octanol–water partition coefficient (Wildman–Crippen LogP) is 4.73. The molecule has 3 aromatic carbocycles. The monoisotopic (exact) mass is 962 g/mol. The molecule has 2 amide bonds. The molecule has 15 nitrogen and oxygen atoms in total. The predicted molar refractivity (Wildman–Crippen MR) is 271 cm³/mol. The molecule has 7 rings (SSSR count). The Kier molecular flexibility index (Phi) is 19.6. The van der Waals surface area contributed by atoms with Crippen molar-refractivity contribution in [2.75, 3.05) is 27.8 Å². The van der Waals surface area contributed by atoms with Crippen molar-refractivity contribution in [2.24, 2.45) is 24.8 Å². The Balaban J connectivity index is 0.000000325. The minimum Gasteiger partial charge on any atom is -0.468 e. The van der Waals surface area contributed by atoms with E-state index in [1.54, 1.807) is 27.7 Å². The van der Waals surface area contributed by atoms with Crippen LogP contribution in [0.15, 0.2) is 135 Å². The third-order valence-electron chi connectivity index (χ3n) is 12.6. The highest BCUT2D eigenvalue weighted by Gasteiger charge is 2.55. The molecule has 2 fully saturated rings. The molecule has 4 aromatic rings. The van der Waals surface area contributed by atoms with Crippen LogP contribution in [0.2, 0.25) is 0 Å². The van der Waals surface area contributed by atoms with Gasteiger partial charge in [-0.25, -0.2) is 10.2 Å². The fraction of sp³-hybridized carbons (Fsp3) is 0.358. The minimum absolute atomic E-state index is 0.0335. The number of hydrogen-bond acceptors (Lipinski definition) is 12.